The first-order valence-corrected chi connectivity index (χ1v) is 9.70. The number of H-pyrrole nitrogens is 1. The maximum absolute atomic E-state index is 13.4. The molecule has 1 atom stereocenters. The fraction of sp³-hybridized carbons (Fsp3) is 0.316. The molecule has 1 aliphatic heterocycles. The summed E-state index contributed by atoms with van der Waals surface area (Å²) in [5.74, 6) is 0. The SMILES string of the molecule is NC(O)c1nn(Cc2ccccc2C(F)(F)F)c2c1CN(c1cn[nH]c(=O)c1Cl)CC2. The monoisotopic (exact) mass is 454 g/mol. The Morgan fingerprint density at radius 3 is 2.77 bits per heavy atom. The smallest absolute Gasteiger partial charge is 0.373 e. The molecule has 1 aliphatic rings. The van der Waals surface area contributed by atoms with Gasteiger partial charge in [0.15, 0.2) is 0 Å². The molecule has 0 saturated heterocycles. The lowest BCUT2D eigenvalue weighted by Crippen LogP contribution is -2.33. The molecule has 0 spiro atoms. The standard InChI is InChI=1S/C19H18ClF3N6O2/c20-15-14(7-25-26-18(15)31)28-6-5-13-11(9-28)16(17(24)30)27-29(13)8-10-3-1-2-4-12(10)19(21,22)23/h1-4,7,17,30H,5-6,8-9,24H2,(H,26,31). The van der Waals surface area contributed by atoms with Crippen LogP contribution in [0.2, 0.25) is 5.02 Å². The summed E-state index contributed by atoms with van der Waals surface area (Å²) in [5, 5.41) is 20.3. The highest BCUT2D eigenvalue weighted by Crippen LogP contribution is 2.34. The van der Waals surface area contributed by atoms with Crippen molar-refractivity contribution in [2.75, 3.05) is 11.4 Å². The maximum atomic E-state index is 13.4. The Kier molecular flexibility index (Phi) is 5.50. The number of hydrogen-bond acceptors (Lipinski definition) is 6. The van der Waals surface area contributed by atoms with Crippen molar-refractivity contribution in [2.24, 2.45) is 5.73 Å². The van der Waals surface area contributed by atoms with Crippen molar-refractivity contribution in [3.8, 4) is 0 Å². The van der Waals surface area contributed by atoms with E-state index in [0.717, 1.165) is 6.07 Å². The number of aromatic amines is 1. The molecular weight excluding hydrogens is 437 g/mol. The summed E-state index contributed by atoms with van der Waals surface area (Å²) in [5.41, 5.74) is 6.27. The van der Waals surface area contributed by atoms with Crippen molar-refractivity contribution in [3.05, 3.63) is 73.9 Å². The van der Waals surface area contributed by atoms with Gasteiger partial charge in [0.05, 0.1) is 24.0 Å². The van der Waals surface area contributed by atoms with Crippen molar-refractivity contribution in [3.63, 3.8) is 0 Å². The average Bonchev–Trinajstić information content (AvgIpc) is 3.08. The van der Waals surface area contributed by atoms with Crippen molar-refractivity contribution in [1.82, 2.24) is 20.0 Å². The van der Waals surface area contributed by atoms with Crippen molar-refractivity contribution >= 4 is 17.3 Å². The number of nitrogens with two attached hydrogens (primary N) is 1. The molecule has 12 heteroatoms. The second kappa shape index (κ2) is 7.98. The number of anilines is 1. The predicted molar refractivity (Wildman–Crippen MR) is 107 cm³/mol. The Bertz CT molecular complexity index is 1170. The Labute approximate surface area is 179 Å². The zero-order valence-corrected chi connectivity index (χ0v) is 16.8. The molecule has 164 valence electrons. The van der Waals surface area contributed by atoms with Gasteiger partial charge in [0.1, 0.15) is 16.9 Å². The summed E-state index contributed by atoms with van der Waals surface area (Å²) in [4.78, 5) is 13.6. The van der Waals surface area contributed by atoms with E-state index < -0.39 is 23.5 Å². The highest BCUT2D eigenvalue weighted by Gasteiger charge is 2.34. The summed E-state index contributed by atoms with van der Waals surface area (Å²) in [6, 6.07) is 5.28. The molecule has 0 fully saturated rings. The van der Waals surface area contributed by atoms with Crippen LogP contribution in [-0.2, 0) is 25.7 Å². The summed E-state index contributed by atoms with van der Waals surface area (Å²) in [6.45, 7) is 0.507. The molecule has 4 N–H and O–H groups in total. The van der Waals surface area contributed by atoms with E-state index in [1.165, 1.54) is 29.1 Å². The molecule has 0 aliphatic carbocycles. The first kappa shape index (κ1) is 21.3. The second-order valence-corrected chi connectivity index (χ2v) is 7.52. The molecule has 0 amide bonds. The summed E-state index contributed by atoms with van der Waals surface area (Å²) >= 11 is 6.10. The zero-order chi connectivity index (χ0) is 22.3. The molecule has 0 bridgehead atoms. The number of alkyl halides is 3. The molecule has 0 radical (unpaired) electrons. The minimum absolute atomic E-state index is 0.0280. The third-order valence-corrected chi connectivity index (χ3v) is 5.57. The van der Waals surface area contributed by atoms with Gasteiger partial charge in [-0.15, -0.1) is 0 Å². The van der Waals surface area contributed by atoms with Gasteiger partial charge in [-0.25, -0.2) is 5.10 Å². The van der Waals surface area contributed by atoms with Crippen molar-refractivity contribution < 1.29 is 18.3 Å². The number of halogens is 4. The number of hydrogen-bond donors (Lipinski definition) is 3. The number of aromatic nitrogens is 4. The minimum atomic E-state index is -4.50. The van der Waals surface area contributed by atoms with E-state index in [2.05, 4.69) is 15.3 Å². The van der Waals surface area contributed by atoms with E-state index in [9.17, 15) is 23.1 Å². The fourth-order valence-electron chi connectivity index (χ4n) is 3.78. The predicted octanol–water partition coefficient (Wildman–Crippen LogP) is 2.20. The summed E-state index contributed by atoms with van der Waals surface area (Å²) < 4.78 is 41.6. The first-order chi connectivity index (χ1) is 14.7. The van der Waals surface area contributed by atoms with Gasteiger partial charge >= 0.3 is 6.18 Å². The molecule has 8 nitrogen and oxygen atoms in total. The van der Waals surface area contributed by atoms with Crippen LogP contribution in [0.25, 0.3) is 0 Å². The Hall–Kier alpha value is -2.89. The molecule has 31 heavy (non-hydrogen) atoms. The number of nitrogens with zero attached hydrogens (tertiary/aromatic N) is 4. The van der Waals surface area contributed by atoms with Gasteiger partial charge in [-0.3, -0.25) is 9.48 Å². The van der Waals surface area contributed by atoms with E-state index in [1.54, 1.807) is 4.90 Å². The Morgan fingerprint density at radius 1 is 1.32 bits per heavy atom. The number of fused-ring (bicyclic) bond motifs is 1. The topological polar surface area (TPSA) is 113 Å². The molecule has 3 aromatic rings. The number of aliphatic hydroxyl groups excluding tert-OH is 1. The van der Waals surface area contributed by atoms with Crippen LogP contribution in [0.1, 0.15) is 34.3 Å². The number of nitrogens with one attached hydrogen (secondary N) is 1. The van der Waals surface area contributed by atoms with Crippen LogP contribution in [-0.4, -0.2) is 31.6 Å². The molecular formula is C19H18ClF3N6O2. The van der Waals surface area contributed by atoms with Gasteiger partial charge in [-0.2, -0.15) is 23.4 Å². The molecule has 3 heterocycles. The highest BCUT2D eigenvalue weighted by molar-refractivity contribution is 6.33. The van der Waals surface area contributed by atoms with Crippen LogP contribution in [0.3, 0.4) is 0 Å². The van der Waals surface area contributed by atoms with Gasteiger partial charge in [0, 0.05) is 30.8 Å². The molecule has 2 aromatic heterocycles. The number of benzene rings is 1. The van der Waals surface area contributed by atoms with Gasteiger partial charge in [-0.1, -0.05) is 29.8 Å². The number of rotatable bonds is 4. The Balaban J connectivity index is 1.72. The quantitative estimate of drug-likeness (QED) is 0.521. The van der Waals surface area contributed by atoms with E-state index in [0.29, 0.717) is 29.9 Å². The lowest BCUT2D eigenvalue weighted by atomic mass is 10.0. The van der Waals surface area contributed by atoms with Crippen LogP contribution in [0, 0.1) is 0 Å². The lowest BCUT2D eigenvalue weighted by molar-refractivity contribution is -0.138. The molecule has 1 unspecified atom stereocenters. The average molecular weight is 455 g/mol. The van der Waals surface area contributed by atoms with Gasteiger partial charge in [-0.05, 0) is 11.6 Å². The molecule has 4 rings (SSSR count). The first-order valence-electron chi connectivity index (χ1n) is 9.32. The summed E-state index contributed by atoms with van der Waals surface area (Å²) in [7, 11) is 0. The van der Waals surface area contributed by atoms with E-state index >= 15 is 0 Å². The Morgan fingerprint density at radius 2 is 2.06 bits per heavy atom. The lowest BCUT2D eigenvalue weighted by Gasteiger charge is -2.30. The highest BCUT2D eigenvalue weighted by atomic mass is 35.5. The normalized spacial score (nSPS) is 15.1. The van der Waals surface area contributed by atoms with E-state index in [1.807, 2.05) is 0 Å². The number of aliphatic hydroxyl groups is 1. The third-order valence-electron chi connectivity index (χ3n) is 5.21. The van der Waals surface area contributed by atoms with Crippen LogP contribution in [0.4, 0.5) is 18.9 Å². The third kappa shape index (κ3) is 4.03. The van der Waals surface area contributed by atoms with E-state index in [4.69, 9.17) is 17.3 Å². The maximum Gasteiger partial charge on any atom is 0.416 e. The zero-order valence-electron chi connectivity index (χ0n) is 16.0. The van der Waals surface area contributed by atoms with E-state index in [-0.39, 0.29) is 29.4 Å². The molecule has 0 saturated carbocycles. The second-order valence-electron chi connectivity index (χ2n) is 7.14. The van der Waals surface area contributed by atoms with Crippen molar-refractivity contribution in [1.29, 1.82) is 0 Å². The fourth-order valence-corrected chi connectivity index (χ4v) is 3.99. The van der Waals surface area contributed by atoms with Crippen LogP contribution in [0.5, 0.6) is 0 Å². The largest absolute Gasteiger partial charge is 0.416 e. The van der Waals surface area contributed by atoms with Gasteiger partial charge in [0.2, 0.25) is 0 Å². The minimum Gasteiger partial charge on any atom is -0.373 e. The van der Waals surface area contributed by atoms with Gasteiger partial charge in [0.25, 0.3) is 5.56 Å². The van der Waals surface area contributed by atoms with Crippen LogP contribution in [0.15, 0.2) is 35.3 Å². The van der Waals surface area contributed by atoms with Gasteiger partial charge < -0.3 is 15.7 Å². The van der Waals surface area contributed by atoms with Crippen LogP contribution >= 0.6 is 11.6 Å². The summed E-state index contributed by atoms with van der Waals surface area (Å²) in [6.07, 6.45) is -4.11. The van der Waals surface area contributed by atoms with Crippen molar-refractivity contribution in [2.45, 2.75) is 31.9 Å². The molecule has 1 aromatic carbocycles. The van der Waals surface area contributed by atoms with Crippen LogP contribution < -0.4 is 16.2 Å².